The molecule has 0 aliphatic heterocycles. The molecule has 0 amide bonds. The van der Waals surface area contributed by atoms with Gasteiger partial charge in [0.15, 0.2) is 17.5 Å². The fourth-order valence-corrected chi connectivity index (χ4v) is 6.05. The van der Waals surface area contributed by atoms with Crippen molar-refractivity contribution in [3.05, 3.63) is 176 Å². The van der Waals surface area contributed by atoms with E-state index in [1.54, 1.807) is 0 Å². The highest BCUT2D eigenvalue weighted by atomic mass is 15.0. The van der Waals surface area contributed by atoms with Gasteiger partial charge in [-0.05, 0) is 56.3 Å². The largest absolute Gasteiger partial charge is 0.208 e. The Bertz CT molecular complexity index is 2290. The van der Waals surface area contributed by atoms with Gasteiger partial charge in [-0.3, -0.25) is 0 Å². The van der Waals surface area contributed by atoms with Gasteiger partial charge in [-0.2, -0.15) is 0 Å². The quantitative estimate of drug-likeness (QED) is 0.194. The first kappa shape index (κ1) is 27.4. The van der Waals surface area contributed by atoms with Gasteiger partial charge in [-0.1, -0.05) is 164 Å². The summed E-state index contributed by atoms with van der Waals surface area (Å²) in [6.45, 7) is 0. The van der Waals surface area contributed by atoms with E-state index in [1.807, 2.05) is 30.3 Å². The molecule has 0 aliphatic rings. The van der Waals surface area contributed by atoms with Gasteiger partial charge >= 0.3 is 0 Å². The van der Waals surface area contributed by atoms with Crippen LogP contribution in [0.5, 0.6) is 0 Å². The van der Waals surface area contributed by atoms with E-state index < -0.39 is 0 Å². The number of hydrogen-bond acceptors (Lipinski definition) is 3. The molecule has 0 radical (unpaired) electrons. The molecule has 216 valence electrons. The molecule has 8 aromatic rings. The molecule has 0 N–H and O–H groups in total. The predicted molar refractivity (Wildman–Crippen MR) is 190 cm³/mol. The molecule has 0 saturated carbocycles. The molecule has 3 nitrogen and oxygen atoms in total. The van der Waals surface area contributed by atoms with Crippen LogP contribution in [-0.2, 0) is 0 Å². The number of fused-ring (bicyclic) bond motifs is 1. The zero-order valence-electron chi connectivity index (χ0n) is 25.1. The maximum absolute atomic E-state index is 5.10. The minimum Gasteiger partial charge on any atom is -0.208 e. The van der Waals surface area contributed by atoms with Crippen LogP contribution in [0.25, 0.3) is 78.3 Å². The third-order valence-corrected chi connectivity index (χ3v) is 8.34. The van der Waals surface area contributed by atoms with E-state index in [1.165, 1.54) is 22.3 Å². The Morgan fingerprint density at radius 1 is 0.261 bits per heavy atom. The summed E-state index contributed by atoms with van der Waals surface area (Å²) in [4.78, 5) is 15.1. The lowest BCUT2D eigenvalue weighted by Crippen LogP contribution is -2.00. The van der Waals surface area contributed by atoms with Crippen LogP contribution in [-0.4, -0.2) is 15.0 Å². The fraction of sp³-hybridized carbons (Fsp3) is 0. The normalized spacial score (nSPS) is 11.0. The van der Waals surface area contributed by atoms with Crippen molar-refractivity contribution in [2.24, 2.45) is 0 Å². The summed E-state index contributed by atoms with van der Waals surface area (Å²) in [5.74, 6) is 1.94. The van der Waals surface area contributed by atoms with E-state index in [-0.39, 0.29) is 0 Å². The predicted octanol–water partition coefficient (Wildman–Crippen LogP) is 11.0. The monoisotopic (exact) mass is 587 g/mol. The molecule has 8 rings (SSSR count). The molecule has 0 fully saturated rings. The van der Waals surface area contributed by atoms with Gasteiger partial charge in [0.25, 0.3) is 0 Å². The summed E-state index contributed by atoms with van der Waals surface area (Å²) in [6, 6.07) is 61.2. The number of nitrogens with zero attached hydrogens (tertiary/aromatic N) is 3. The van der Waals surface area contributed by atoms with Crippen molar-refractivity contribution in [1.82, 2.24) is 15.0 Å². The topological polar surface area (TPSA) is 38.7 Å². The Morgan fingerprint density at radius 3 is 1.57 bits per heavy atom. The Balaban J connectivity index is 1.29. The lowest BCUT2D eigenvalue weighted by Gasteiger charge is -2.14. The van der Waals surface area contributed by atoms with E-state index in [2.05, 4.69) is 146 Å². The molecule has 3 heteroatoms. The zero-order valence-corrected chi connectivity index (χ0v) is 25.1. The molecular formula is C43H29N3. The average molecular weight is 588 g/mol. The van der Waals surface area contributed by atoms with Crippen molar-refractivity contribution in [3.8, 4) is 67.5 Å². The van der Waals surface area contributed by atoms with Crippen molar-refractivity contribution in [2.75, 3.05) is 0 Å². The van der Waals surface area contributed by atoms with Gasteiger partial charge in [0.1, 0.15) is 0 Å². The highest BCUT2D eigenvalue weighted by molar-refractivity contribution is 5.95. The van der Waals surface area contributed by atoms with Gasteiger partial charge in [0.2, 0.25) is 0 Å². The molecule has 46 heavy (non-hydrogen) atoms. The van der Waals surface area contributed by atoms with Crippen molar-refractivity contribution in [2.45, 2.75) is 0 Å². The van der Waals surface area contributed by atoms with Crippen molar-refractivity contribution in [1.29, 1.82) is 0 Å². The second kappa shape index (κ2) is 12.1. The lowest BCUT2D eigenvalue weighted by molar-refractivity contribution is 1.08. The molecular weight excluding hydrogens is 558 g/mol. The first-order chi connectivity index (χ1) is 22.8. The molecule has 0 atom stereocenters. The highest BCUT2D eigenvalue weighted by Gasteiger charge is 2.16. The van der Waals surface area contributed by atoms with Crippen molar-refractivity contribution >= 4 is 10.8 Å². The third kappa shape index (κ3) is 5.36. The van der Waals surface area contributed by atoms with Crippen LogP contribution in [0.3, 0.4) is 0 Å². The first-order valence-electron chi connectivity index (χ1n) is 15.5. The molecule has 0 spiro atoms. The maximum atomic E-state index is 5.10. The van der Waals surface area contributed by atoms with Crippen LogP contribution in [0.15, 0.2) is 176 Å². The van der Waals surface area contributed by atoms with Crippen LogP contribution in [0.2, 0.25) is 0 Å². The molecule has 0 saturated heterocycles. The Labute approximate surface area is 268 Å². The van der Waals surface area contributed by atoms with Crippen LogP contribution in [0, 0.1) is 0 Å². The summed E-state index contributed by atoms with van der Waals surface area (Å²) in [5, 5.41) is 2.26. The summed E-state index contributed by atoms with van der Waals surface area (Å²) in [6.07, 6.45) is 0. The molecule has 0 bridgehead atoms. The minimum atomic E-state index is 0.640. The van der Waals surface area contributed by atoms with E-state index in [0.29, 0.717) is 17.5 Å². The number of benzene rings is 7. The van der Waals surface area contributed by atoms with Crippen LogP contribution >= 0.6 is 0 Å². The summed E-state index contributed by atoms with van der Waals surface area (Å²) >= 11 is 0. The van der Waals surface area contributed by atoms with Gasteiger partial charge in [0.05, 0.1) is 0 Å². The molecule has 1 aromatic heterocycles. The van der Waals surface area contributed by atoms with Gasteiger partial charge < -0.3 is 0 Å². The third-order valence-electron chi connectivity index (χ3n) is 8.34. The van der Waals surface area contributed by atoms with Gasteiger partial charge in [0, 0.05) is 16.7 Å². The van der Waals surface area contributed by atoms with Crippen LogP contribution in [0.1, 0.15) is 0 Å². The maximum Gasteiger partial charge on any atom is 0.164 e. The number of aromatic nitrogens is 3. The fourth-order valence-electron chi connectivity index (χ4n) is 6.05. The highest BCUT2D eigenvalue weighted by Crippen LogP contribution is 2.37. The standard InChI is InChI=1S/C43H29N3/c1-4-14-30(15-5-1)34-26-27-38(40(29-34)32-16-6-2-7-17-32)35-22-12-23-36(28-35)42-44-41(33-19-8-3-9-20-33)45-43(46-42)39-25-13-21-31-18-10-11-24-37(31)39/h1-29H. The van der Waals surface area contributed by atoms with Crippen molar-refractivity contribution < 1.29 is 0 Å². The van der Waals surface area contributed by atoms with E-state index in [9.17, 15) is 0 Å². The van der Waals surface area contributed by atoms with Crippen molar-refractivity contribution in [3.63, 3.8) is 0 Å². The zero-order chi connectivity index (χ0) is 30.7. The second-order valence-electron chi connectivity index (χ2n) is 11.3. The Kier molecular flexibility index (Phi) is 7.18. The van der Waals surface area contributed by atoms with Gasteiger partial charge in [-0.15, -0.1) is 0 Å². The summed E-state index contributed by atoms with van der Waals surface area (Å²) in [7, 11) is 0. The van der Waals surface area contributed by atoms with Gasteiger partial charge in [-0.25, -0.2) is 15.0 Å². The second-order valence-corrected chi connectivity index (χ2v) is 11.3. The Morgan fingerprint density at radius 2 is 0.804 bits per heavy atom. The van der Waals surface area contributed by atoms with Crippen LogP contribution in [0.4, 0.5) is 0 Å². The summed E-state index contributed by atoms with van der Waals surface area (Å²) < 4.78 is 0. The first-order valence-corrected chi connectivity index (χ1v) is 15.5. The molecule has 0 aliphatic carbocycles. The Hall–Kier alpha value is -6.19. The number of hydrogen-bond donors (Lipinski definition) is 0. The van der Waals surface area contributed by atoms with E-state index in [0.717, 1.165) is 38.6 Å². The van der Waals surface area contributed by atoms with Crippen LogP contribution < -0.4 is 0 Å². The minimum absolute atomic E-state index is 0.640. The molecule has 0 unspecified atom stereocenters. The SMILES string of the molecule is c1ccc(-c2ccc(-c3cccc(-c4nc(-c5ccccc5)nc(-c5cccc6ccccc56)n4)c3)c(-c3ccccc3)c2)cc1. The molecule has 1 heterocycles. The molecule has 7 aromatic carbocycles. The number of rotatable bonds is 6. The lowest BCUT2D eigenvalue weighted by atomic mass is 9.90. The smallest absolute Gasteiger partial charge is 0.164 e. The van der Waals surface area contributed by atoms with E-state index in [4.69, 9.17) is 15.0 Å². The summed E-state index contributed by atoms with van der Waals surface area (Å²) in [5.41, 5.74) is 9.85. The van der Waals surface area contributed by atoms with E-state index >= 15 is 0 Å². The average Bonchev–Trinajstić information content (AvgIpc) is 3.15.